The molecule has 0 saturated carbocycles. The molecule has 106 valence electrons. The number of halogens is 5. The van der Waals surface area contributed by atoms with E-state index in [0.29, 0.717) is 0 Å². The Bertz CT molecular complexity index is 482. The van der Waals surface area contributed by atoms with Crippen LogP contribution in [-0.4, -0.2) is 23.9 Å². The molecular formula is C10H8ClF3INO3. The minimum absolute atomic E-state index is 0.0394. The Morgan fingerprint density at radius 2 is 2.16 bits per heavy atom. The number of hydrogen-bond acceptors (Lipinski definition) is 4. The van der Waals surface area contributed by atoms with Crippen LogP contribution in [0, 0.1) is 3.70 Å². The molecule has 1 heterocycles. The minimum Gasteiger partial charge on any atom is -0.462 e. The number of rotatable bonds is 4. The molecule has 4 nitrogen and oxygen atoms in total. The van der Waals surface area contributed by atoms with E-state index in [4.69, 9.17) is 16.3 Å². The normalized spacial score (nSPS) is 11.3. The van der Waals surface area contributed by atoms with Crippen molar-refractivity contribution in [1.82, 2.24) is 4.98 Å². The first kappa shape index (κ1) is 16.3. The van der Waals surface area contributed by atoms with E-state index >= 15 is 0 Å². The van der Waals surface area contributed by atoms with E-state index in [0.717, 1.165) is 0 Å². The first-order valence-corrected chi connectivity index (χ1v) is 6.58. The van der Waals surface area contributed by atoms with Gasteiger partial charge in [0.05, 0.1) is 18.1 Å². The number of pyridine rings is 1. The second-order valence-corrected chi connectivity index (χ2v) is 4.48. The van der Waals surface area contributed by atoms with Crippen LogP contribution in [0.1, 0.15) is 22.8 Å². The highest BCUT2D eigenvalue weighted by atomic mass is 127. The van der Waals surface area contributed by atoms with Crippen molar-refractivity contribution in [3.05, 3.63) is 20.9 Å². The van der Waals surface area contributed by atoms with E-state index in [1.807, 2.05) is 0 Å². The van der Waals surface area contributed by atoms with Crippen molar-refractivity contribution in [3.8, 4) is 5.88 Å². The molecule has 0 aliphatic carbocycles. The summed E-state index contributed by atoms with van der Waals surface area (Å²) in [5.74, 6) is -1.62. The van der Waals surface area contributed by atoms with Crippen molar-refractivity contribution in [2.75, 3.05) is 6.61 Å². The van der Waals surface area contributed by atoms with Crippen molar-refractivity contribution >= 4 is 40.2 Å². The van der Waals surface area contributed by atoms with Crippen LogP contribution in [0.25, 0.3) is 0 Å². The molecule has 0 aliphatic rings. The molecule has 0 unspecified atom stereocenters. The molecule has 0 radical (unpaired) electrons. The van der Waals surface area contributed by atoms with Gasteiger partial charge in [-0.15, -0.1) is 24.8 Å². The Labute approximate surface area is 125 Å². The van der Waals surface area contributed by atoms with Crippen LogP contribution in [0.5, 0.6) is 5.88 Å². The summed E-state index contributed by atoms with van der Waals surface area (Å²) in [6.45, 7) is 1.76. The second-order valence-electron chi connectivity index (χ2n) is 3.19. The zero-order valence-corrected chi connectivity index (χ0v) is 12.5. The smallest absolute Gasteiger partial charge is 0.462 e. The fraction of sp³-hybridized carbons (Fsp3) is 0.400. The lowest BCUT2D eigenvalue weighted by atomic mass is 10.2. The van der Waals surface area contributed by atoms with Crippen LogP contribution >= 0.6 is 34.2 Å². The number of hydrogen-bond donors (Lipinski definition) is 0. The molecule has 1 aromatic rings. The molecule has 0 fully saturated rings. The first-order valence-electron chi connectivity index (χ1n) is 4.96. The predicted octanol–water partition coefficient (Wildman–Crippen LogP) is 3.50. The fourth-order valence-corrected chi connectivity index (χ4v) is 1.95. The lowest BCUT2D eigenvalue weighted by Gasteiger charge is -2.13. The molecule has 0 spiro atoms. The summed E-state index contributed by atoms with van der Waals surface area (Å²) in [6, 6.07) is 1.18. The third kappa shape index (κ3) is 4.68. The Morgan fingerprint density at radius 3 is 2.63 bits per heavy atom. The Balaban J connectivity index is 3.17. The zero-order chi connectivity index (χ0) is 14.6. The molecule has 0 atom stereocenters. The summed E-state index contributed by atoms with van der Waals surface area (Å²) < 4.78 is 45.1. The van der Waals surface area contributed by atoms with Crippen LogP contribution in [0.2, 0.25) is 0 Å². The molecule has 19 heavy (non-hydrogen) atoms. The zero-order valence-electron chi connectivity index (χ0n) is 9.55. The van der Waals surface area contributed by atoms with Crippen LogP contribution in [0.4, 0.5) is 13.2 Å². The fourth-order valence-electron chi connectivity index (χ4n) is 1.16. The SMILES string of the molecule is CCOC(=O)c1cc(CCl)c(OC(F)(F)F)nc1I. The highest BCUT2D eigenvalue weighted by Crippen LogP contribution is 2.28. The lowest BCUT2D eigenvalue weighted by molar-refractivity contribution is -0.276. The number of esters is 1. The highest BCUT2D eigenvalue weighted by Gasteiger charge is 2.33. The summed E-state index contributed by atoms with van der Waals surface area (Å²) in [5, 5.41) is 0. The summed E-state index contributed by atoms with van der Waals surface area (Å²) in [4.78, 5) is 15.1. The molecule has 0 aliphatic heterocycles. The molecule has 0 amide bonds. The Hall–Kier alpha value is -0.770. The van der Waals surface area contributed by atoms with E-state index in [1.165, 1.54) is 6.07 Å². The summed E-state index contributed by atoms with van der Waals surface area (Å²) in [7, 11) is 0. The standard InChI is InChI=1S/C10H8ClF3INO3/c1-2-18-9(17)6-3-5(4-11)8(16-7(6)15)19-10(12,13)14/h3H,2,4H2,1H3. The molecule has 0 aromatic carbocycles. The van der Waals surface area contributed by atoms with Gasteiger partial charge < -0.3 is 9.47 Å². The third-order valence-electron chi connectivity index (χ3n) is 1.87. The van der Waals surface area contributed by atoms with Crippen LogP contribution < -0.4 is 4.74 Å². The van der Waals surface area contributed by atoms with Gasteiger partial charge in [-0.25, -0.2) is 9.78 Å². The average Bonchev–Trinajstić information content (AvgIpc) is 2.27. The van der Waals surface area contributed by atoms with E-state index in [9.17, 15) is 18.0 Å². The molecular weight excluding hydrogens is 401 g/mol. The average molecular weight is 410 g/mol. The van der Waals surface area contributed by atoms with Crippen molar-refractivity contribution in [3.63, 3.8) is 0 Å². The molecule has 0 N–H and O–H groups in total. The number of ether oxygens (including phenoxy) is 2. The molecule has 0 saturated heterocycles. The van der Waals surface area contributed by atoms with Gasteiger partial charge in [-0.1, -0.05) is 0 Å². The van der Waals surface area contributed by atoms with Gasteiger partial charge >= 0.3 is 12.3 Å². The Morgan fingerprint density at radius 1 is 1.53 bits per heavy atom. The van der Waals surface area contributed by atoms with Crippen molar-refractivity contribution in [2.24, 2.45) is 0 Å². The number of aromatic nitrogens is 1. The van der Waals surface area contributed by atoms with E-state index in [1.54, 1.807) is 29.5 Å². The van der Waals surface area contributed by atoms with E-state index in [2.05, 4.69) is 9.72 Å². The van der Waals surface area contributed by atoms with Crippen LogP contribution in [0.3, 0.4) is 0 Å². The minimum atomic E-state index is -4.87. The van der Waals surface area contributed by atoms with Gasteiger partial charge in [0.1, 0.15) is 3.70 Å². The van der Waals surface area contributed by atoms with Gasteiger partial charge in [0.2, 0.25) is 5.88 Å². The first-order chi connectivity index (χ1) is 8.78. The number of carbonyl (C=O) groups is 1. The maximum absolute atomic E-state index is 12.2. The molecule has 0 bridgehead atoms. The number of carbonyl (C=O) groups excluding carboxylic acids is 1. The molecule has 1 rings (SSSR count). The maximum atomic E-state index is 12.2. The predicted molar refractivity (Wildman–Crippen MR) is 69.2 cm³/mol. The highest BCUT2D eigenvalue weighted by molar-refractivity contribution is 14.1. The quantitative estimate of drug-likeness (QED) is 0.331. The van der Waals surface area contributed by atoms with Crippen molar-refractivity contribution in [1.29, 1.82) is 0 Å². The monoisotopic (exact) mass is 409 g/mol. The largest absolute Gasteiger partial charge is 0.574 e. The van der Waals surface area contributed by atoms with Crippen molar-refractivity contribution in [2.45, 2.75) is 19.2 Å². The Kier molecular flexibility index (Phi) is 5.65. The molecule has 1 aromatic heterocycles. The summed E-state index contributed by atoms with van der Waals surface area (Å²) in [5.41, 5.74) is 0.00934. The lowest BCUT2D eigenvalue weighted by Crippen LogP contribution is -2.20. The van der Waals surface area contributed by atoms with Gasteiger partial charge in [-0.05, 0) is 35.6 Å². The topological polar surface area (TPSA) is 48.4 Å². The van der Waals surface area contributed by atoms with Gasteiger partial charge in [0, 0.05) is 5.56 Å². The summed E-state index contributed by atoms with van der Waals surface area (Å²) in [6.07, 6.45) is -4.87. The molecule has 9 heteroatoms. The number of alkyl halides is 4. The van der Waals surface area contributed by atoms with Crippen LogP contribution in [-0.2, 0) is 10.6 Å². The third-order valence-corrected chi connectivity index (χ3v) is 2.98. The number of nitrogens with zero attached hydrogens (tertiary/aromatic N) is 1. The van der Waals surface area contributed by atoms with Gasteiger partial charge in [-0.2, -0.15) is 0 Å². The second kappa shape index (κ2) is 6.60. The van der Waals surface area contributed by atoms with E-state index < -0.39 is 18.2 Å². The van der Waals surface area contributed by atoms with Gasteiger partial charge in [0.15, 0.2) is 0 Å². The van der Waals surface area contributed by atoms with Crippen molar-refractivity contribution < 1.29 is 27.4 Å². The van der Waals surface area contributed by atoms with E-state index in [-0.39, 0.29) is 27.3 Å². The van der Waals surface area contributed by atoms with Crippen LogP contribution in [0.15, 0.2) is 6.07 Å². The van der Waals surface area contributed by atoms with Gasteiger partial charge in [-0.3, -0.25) is 0 Å². The maximum Gasteiger partial charge on any atom is 0.574 e. The summed E-state index contributed by atoms with van der Waals surface area (Å²) >= 11 is 7.15. The van der Waals surface area contributed by atoms with Gasteiger partial charge in [0.25, 0.3) is 0 Å².